The van der Waals surface area contributed by atoms with E-state index in [9.17, 15) is 0 Å². The van der Waals surface area contributed by atoms with Crippen molar-refractivity contribution in [2.45, 2.75) is 57.3 Å². The van der Waals surface area contributed by atoms with Gasteiger partial charge in [0.05, 0.1) is 18.4 Å². The maximum atomic E-state index is 6.13. The lowest BCUT2D eigenvalue weighted by Crippen LogP contribution is -2.54. The molecule has 0 spiro atoms. The average molecular weight is 292 g/mol. The zero-order valence-electron chi connectivity index (χ0n) is 13.5. The fourth-order valence-corrected chi connectivity index (χ4v) is 3.50. The highest BCUT2D eigenvalue weighted by Gasteiger charge is 2.35. The summed E-state index contributed by atoms with van der Waals surface area (Å²) in [4.78, 5) is 2.60. The van der Waals surface area contributed by atoms with E-state index in [4.69, 9.17) is 4.74 Å². The first kappa shape index (κ1) is 15.0. The molecule has 1 aromatic heterocycles. The lowest BCUT2D eigenvalue weighted by atomic mass is 10.0. The van der Waals surface area contributed by atoms with Crippen LogP contribution in [-0.4, -0.2) is 59.6 Å². The van der Waals surface area contributed by atoms with Gasteiger partial charge in [0.2, 0.25) is 0 Å². The van der Waals surface area contributed by atoms with Crippen LogP contribution in [0.2, 0.25) is 0 Å². The Morgan fingerprint density at radius 3 is 3.05 bits per heavy atom. The normalized spacial score (nSPS) is 28.0. The number of aromatic nitrogens is 2. The van der Waals surface area contributed by atoms with E-state index in [0.29, 0.717) is 18.1 Å². The molecule has 0 aliphatic carbocycles. The van der Waals surface area contributed by atoms with E-state index in [0.717, 1.165) is 25.3 Å². The zero-order chi connectivity index (χ0) is 14.8. The van der Waals surface area contributed by atoms with Crippen LogP contribution in [0.25, 0.3) is 0 Å². The van der Waals surface area contributed by atoms with Crippen LogP contribution < -0.4 is 5.32 Å². The van der Waals surface area contributed by atoms with E-state index in [-0.39, 0.29) is 6.10 Å². The second-order valence-corrected chi connectivity index (χ2v) is 6.64. The zero-order valence-corrected chi connectivity index (χ0v) is 13.5. The van der Waals surface area contributed by atoms with Gasteiger partial charge in [-0.15, -0.1) is 0 Å². The van der Waals surface area contributed by atoms with Crippen molar-refractivity contribution in [1.29, 1.82) is 0 Å². The minimum atomic E-state index is 0.272. The lowest BCUT2D eigenvalue weighted by Gasteiger charge is -2.38. The standard InChI is InChI=1S/C16H28N4O/c1-12(2)20-8-6-13(18-20)9-15(17-3)16-10-19-7-4-5-14(19)11-21-16/h6,8,12,14-17H,4-5,7,9-11H2,1-3H3. The van der Waals surface area contributed by atoms with Crippen LogP contribution in [0.4, 0.5) is 0 Å². The largest absolute Gasteiger partial charge is 0.374 e. The molecule has 0 radical (unpaired) electrons. The molecule has 0 bridgehead atoms. The molecule has 0 aromatic carbocycles. The third kappa shape index (κ3) is 3.30. The fourth-order valence-electron chi connectivity index (χ4n) is 3.50. The van der Waals surface area contributed by atoms with Crippen LogP contribution in [0.3, 0.4) is 0 Å². The van der Waals surface area contributed by atoms with Crippen LogP contribution in [-0.2, 0) is 11.2 Å². The third-order valence-electron chi connectivity index (χ3n) is 4.86. The number of fused-ring (bicyclic) bond motifs is 1. The molecule has 0 saturated carbocycles. The molecule has 2 aliphatic heterocycles. The predicted molar refractivity (Wildman–Crippen MR) is 83.5 cm³/mol. The Balaban J connectivity index is 1.61. The number of morpholine rings is 1. The molecular weight excluding hydrogens is 264 g/mol. The molecule has 2 aliphatic rings. The summed E-state index contributed by atoms with van der Waals surface area (Å²) in [6.45, 7) is 7.50. The van der Waals surface area contributed by atoms with Crippen molar-refractivity contribution in [2.24, 2.45) is 0 Å². The summed E-state index contributed by atoms with van der Waals surface area (Å²) in [5.74, 6) is 0. The molecule has 118 valence electrons. The highest BCUT2D eigenvalue weighted by atomic mass is 16.5. The number of hydrogen-bond donors (Lipinski definition) is 1. The topological polar surface area (TPSA) is 42.3 Å². The average Bonchev–Trinajstić information content (AvgIpc) is 3.12. The third-order valence-corrected chi connectivity index (χ3v) is 4.86. The van der Waals surface area contributed by atoms with Crippen LogP contribution in [0.15, 0.2) is 12.3 Å². The fraction of sp³-hybridized carbons (Fsp3) is 0.812. The van der Waals surface area contributed by atoms with Crippen molar-refractivity contribution >= 4 is 0 Å². The van der Waals surface area contributed by atoms with Gasteiger partial charge >= 0.3 is 0 Å². The summed E-state index contributed by atoms with van der Waals surface area (Å²) in [7, 11) is 2.03. The van der Waals surface area contributed by atoms with Crippen LogP contribution in [0.1, 0.15) is 38.4 Å². The number of ether oxygens (including phenoxy) is 1. The Bertz CT molecular complexity index is 459. The minimum absolute atomic E-state index is 0.272. The number of hydrogen-bond acceptors (Lipinski definition) is 4. The summed E-state index contributed by atoms with van der Waals surface area (Å²) in [5, 5.41) is 8.10. The monoisotopic (exact) mass is 292 g/mol. The van der Waals surface area contributed by atoms with Crippen molar-refractivity contribution in [3.8, 4) is 0 Å². The Morgan fingerprint density at radius 1 is 1.48 bits per heavy atom. The van der Waals surface area contributed by atoms with Crippen LogP contribution in [0, 0.1) is 0 Å². The van der Waals surface area contributed by atoms with Crippen molar-refractivity contribution in [3.05, 3.63) is 18.0 Å². The second kappa shape index (κ2) is 6.46. The van der Waals surface area contributed by atoms with Crippen molar-refractivity contribution < 1.29 is 4.74 Å². The smallest absolute Gasteiger partial charge is 0.0859 e. The number of nitrogens with one attached hydrogen (secondary N) is 1. The summed E-state index contributed by atoms with van der Waals surface area (Å²) in [6, 6.07) is 3.55. The first-order valence-electron chi connectivity index (χ1n) is 8.24. The van der Waals surface area contributed by atoms with E-state index in [1.807, 2.05) is 11.7 Å². The molecule has 2 saturated heterocycles. The summed E-state index contributed by atoms with van der Waals surface area (Å²) in [5.41, 5.74) is 1.15. The Morgan fingerprint density at radius 2 is 2.33 bits per heavy atom. The Hall–Kier alpha value is -0.910. The van der Waals surface area contributed by atoms with Crippen molar-refractivity contribution in [2.75, 3.05) is 26.7 Å². The van der Waals surface area contributed by atoms with Gasteiger partial charge < -0.3 is 10.1 Å². The molecule has 1 N–H and O–H groups in total. The number of nitrogens with zero attached hydrogens (tertiary/aromatic N) is 3. The number of rotatable bonds is 5. The van der Waals surface area contributed by atoms with E-state index in [2.05, 4.69) is 41.4 Å². The summed E-state index contributed by atoms with van der Waals surface area (Å²) >= 11 is 0. The first-order chi connectivity index (χ1) is 10.2. The molecular formula is C16H28N4O. The predicted octanol–water partition coefficient (Wildman–Crippen LogP) is 1.46. The lowest BCUT2D eigenvalue weighted by molar-refractivity contribution is -0.0635. The van der Waals surface area contributed by atoms with Crippen LogP contribution >= 0.6 is 0 Å². The van der Waals surface area contributed by atoms with E-state index in [1.165, 1.54) is 19.4 Å². The van der Waals surface area contributed by atoms with Gasteiger partial charge in [0.25, 0.3) is 0 Å². The summed E-state index contributed by atoms with van der Waals surface area (Å²) in [6.07, 6.45) is 5.90. The van der Waals surface area contributed by atoms with Crippen molar-refractivity contribution in [1.82, 2.24) is 20.0 Å². The van der Waals surface area contributed by atoms with Gasteiger partial charge in [-0.2, -0.15) is 5.10 Å². The molecule has 3 atom stereocenters. The highest BCUT2D eigenvalue weighted by Crippen LogP contribution is 2.24. The molecule has 2 fully saturated rings. The van der Waals surface area contributed by atoms with Gasteiger partial charge in [0, 0.05) is 37.3 Å². The van der Waals surface area contributed by atoms with E-state index < -0.39 is 0 Å². The molecule has 3 unspecified atom stereocenters. The van der Waals surface area contributed by atoms with Gasteiger partial charge in [-0.3, -0.25) is 9.58 Å². The van der Waals surface area contributed by atoms with Crippen molar-refractivity contribution in [3.63, 3.8) is 0 Å². The van der Waals surface area contributed by atoms with Gasteiger partial charge in [0.15, 0.2) is 0 Å². The van der Waals surface area contributed by atoms with Gasteiger partial charge in [0.1, 0.15) is 0 Å². The highest BCUT2D eigenvalue weighted by molar-refractivity contribution is 5.04. The maximum absolute atomic E-state index is 6.13. The van der Waals surface area contributed by atoms with E-state index >= 15 is 0 Å². The SMILES string of the molecule is CNC(Cc1ccn(C(C)C)n1)C1CN2CCCC2CO1. The quantitative estimate of drug-likeness (QED) is 0.892. The molecule has 1 aromatic rings. The second-order valence-electron chi connectivity index (χ2n) is 6.64. The van der Waals surface area contributed by atoms with Gasteiger partial charge in [-0.1, -0.05) is 0 Å². The Labute approximate surface area is 127 Å². The molecule has 3 rings (SSSR count). The maximum Gasteiger partial charge on any atom is 0.0859 e. The first-order valence-corrected chi connectivity index (χ1v) is 8.24. The Kier molecular flexibility index (Phi) is 4.62. The number of likely N-dealkylation sites (N-methyl/N-ethyl adjacent to an activating group) is 1. The minimum Gasteiger partial charge on any atom is -0.374 e. The summed E-state index contributed by atoms with van der Waals surface area (Å²) < 4.78 is 8.16. The molecule has 21 heavy (non-hydrogen) atoms. The van der Waals surface area contributed by atoms with E-state index in [1.54, 1.807) is 0 Å². The van der Waals surface area contributed by atoms with Gasteiger partial charge in [-0.25, -0.2) is 0 Å². The molecule has 3 heterocycles. The molecule has 5 heteroatoms. The molecule has 5 nitrogen and oxygen atoms in total. The van der Waals surface area contributed by atoms with Crippen LogP contribution in [0.5, 0.6) is 0 Å². The van der Waals surface area contributed by atoms with Gasteiger partial charge in [-0.05, 0) is 46.3 Å². The molecule has 0 amide bonds.